The highest BCUT2D eigenvalue weighted by Crippen LogP contribution is 2.38. The Hall–Kier alpha value is -1.97. The molecule has 1 aliphatic heterocycles. The maximum atomic E-state index is 13.2. The summed E-state index contributed by atoms with van der Waals surface area (Å²) in [4.78, 5) is 23.1. The smallest absolute Gasteiger partial charge is 0.221 e. The monoisotopic (exact) mass is 231 g/mol. The normalized spacial score (nSPS) is 26.2. The molecule has 1 spiro atoms. The topological polar surface area (TPSA) is 46.2 Å². The number of amides is 1. The molecule has 1 heterocycles. The van der Waals surface area contributed by atoms with Gasteiger partial charge >= 0.3 is 0 Å². The van der Waals surface area contributed by atoms with Crippen molar-refractivity contribution in [3.63, 3.8) is 0 Å². The molecule has 1 saturated heterocycles. The molecular weight excluding hydrogens is 221 g/mol. The molecule has 0 radical (unpaired) electrons. The van der Waals surface area contributed by atoms with Crippen LogP contribution in [-0.2, 0) is 10.3 Å². The summed E-state index contributed by atoms with van der Waals surface area (Å²) in [6.45, 7) is 0. The first-order chi connectivity index (χ1) is 8.11. The fourth-order valence-corrected chi connectivity index (χ4v) is 2.52. The van der Waals surface area contributed by atoms with Gasteiger partial charge in [0.1, 0.15) is 5.82 Å². The molecule has 1 atom stereocenters. The van der Waals surface area contributed by atoms with Crippen molar-refractivity contribution in [1.29, 1.82) is 0 Å². The molecule has 3 rings (SSSR count). The van der Waals surface area contributed by atoms with E-state index in [1.165, 1.54) is 18.2 Å². The number of carbonyl (C=O) groups is 2. The van der Waals surface area contributed by atoms with E-state index in [1.54, 1.807) is 12.1 Å². The number of allylic oxidation sites excluding steroid dienone is 1. The first-order valence-corrected chi connectivity index (χ1v) is 5.45. The number of hydrogen-bond acceptors (Lipinski definition) is 2. The van der Waals surface area contributed by atoms with Crippen LogP contribution in [0.1, 0.15) is 28.8 Å². The number of rotatable bonds is 0. The molecule has 1 N–H and O–H groups in total. The summed E-state index contributed by atoms with van der Waals surface area (Å²) < 4.78 is 13.2. The summed E-state index contributed by atoms with van der Waals surface area (Å²) in [6.07, 6.45) is 4.15. The average Bonchev–Trinajstić information content (AvgIpc) is 2.67. The van der Waals surface area contributed by atoms with Gasteiger partial charge in [0, 0.05) is 12.0 Å². The molecule has 0 unspecified atom stereocenters. The van der Waals surface area contributed by atoms with E-state index in [-0.39, 0.29) is 11.7 Å². The summed E-state index contributed by atoms with van der Waals surface area (Å²) in [5, 5.41) is 2.87. The largest absolute Gasteiger partial charge is 0.343 e. The van der Waals surface area contributed by atoms with E-state index in [4.69, 9.17) is 0 Å². The van der Waals surface area contributed by atoms with Crippen molar-refractivity contribution in [2.75, 3.05) is 0 Å². The molecule has 86 valence electrons. The van der Waals surface area contributed by atoms with Crippen LogP contribution >= 0.6 is 0 Å². The Morgan fingerprint density at radius 2 is 2.12 bits per heavy atom. The molecule has 0 aromatic heterocycles. The van der Waals surface area contributed by atoms with Gasteiger partial charge in [-0.15, -0.1) is 0 Å². The third-order valence-electron chi connectivity index (χ3n) is 3.36. The molecule has 1 fully saturated rings. The third-order valence-corrected chi connectivity index (χ3v) is 3.36. The molecule has 0 saturated carbocycles. The molecule has 1 aromatic rings. The fourth-order valence-electron chi connectivity index (χ4n) is 2.52. The van der Waals surface area contributed by atoms with Gasteiger partial charge in [0.05, 0.1) is 5.54 Å². The maximum Gasteiger partial charge on any atom is 0.221 e. The van der Waals surface area contributed by atoms with Crippen molar-refractivity contribution in [3.8, 4) is 0 Å². The summed E-state index contributed by atoms with van der Waals surface area (Å²) >= 11 is 0. The lowest BCUT2D eigenvalue weighted by atomic mass is 9.80. The lowest BCUT2D eigenvalue weighted by Crippen LogP contribution is -2.40. The Morgan fingerprint density at radius 3 is 2.82 bits per heavy atom. The highest BCUT2D eigenvalue weighted by molar-refractivity contribution is 6.07. The SMILES string of the molecule is O=C1CC[C@@]2(C=CC(=O)c3cc(F)ccc32)N1. The summed E-state index contributed by atoms with van der Waals surface area (Å²) in [5.41, 5.74) is 0.417. The van der Waals surface area contributed by atoms with Crippen LogP contribution in [-0.4, -0.2) is 11.7 Å². The van der Waals surface area contributed by atoms with E-state index < -0.39 is 11.4 Å². The van der Waals surface area contributed by atoms with E-state index in [9.17, 15) is 14.0 Å². The molecule has 2 aliphatic rings. The predicted octanol–water partition coefficient (Wildman–Crippen LogP) is 1.68. The first kappa shape index (κ1) is 10.2. The Balaban J connectivity index is 2.20. The Bertz CT molecular complexity index is 565. The van der Waals surface area contributed by atoms with Gasteiger partial charge in [0.15, 0.2) is 5.78 Å². The summed E-state index contributed by atoms with van der Waals surface area (Å²) in [6, 6.07) is 4.13. The predicted molar refractivity (Wildman–Crippen MR) is 58.9 cm³/mol. The van der Waals surface area contributed by atoms with Gasteiger partial charge in [0.25, 0.3) is 0 Å². The van der Waals surface area contributed by atoms with Crippen molar-refractivity contribution in [3.05, 3.63) is 47.3 Å². The Morgan fingerprint density at radius 1 is 1.29 bits per heavy atom. The number of nitrogens with one attached hydrogen (secondary N) is 1. The number of fused-ring (bicyclic) bond motifs is 2. The van der Waals surface area contributed by atoms with E-state index in [1.807, 2.05) is 0 Å². The van der Waals surface area contributed by atoms with E-state index >= 15 is 0 Å². The average molecular weight is 231 g/mol. The zero-order valence-electron chi connectivity index (χ0n) is 9.00. The molecule has 1 aromatic carbocycles. The van der Waals surface area contributed by atoms with E-state index in [0.29, 0.717) is 24.0 Å². The van der Waals surface area contributed by atoms with Gasteiger partial charge in [0.2, 0.25) is 5.91 Å². The number of ketones is 1. The van der Waals surface area contributed by atoms with Crippen LogP contribution in [0.3, 0.4) is 0 Å². The molecule has 4 heteroatoms. The van der Waals surface area contributed by atoms with Crippen molar-refractivity contribution in [1.82, 2.24) is 5.32 Å². The summed E-state index contributed by atoms with van der Waals surface area (Å²) in [7, 11) is 0. The van der Waals surface area contributed by atoms with Crippen LogP contribution in [0.4, 0.5) is 4.39 Å². The van der Waals surface area contributed by atoms with Crippen LogP contribution in [0.15, 0.2) is 30.4 Å². The molecule has 0 bridgehead atoms. The minimum atomic E-state index is -0.617. The van der Waals surface area contributed by atoms with E-state index in [2.05, 4.69) is 5.32 Å². The number of hydrogen-bond donors (Lipinski definition) is 1. The van der Waals surface area contributed by atoms with Gasteiger partial charge < -0.3 is 5.32 Å². The zero-order valence-corrected chi connectivity index (χ0v) is 9.00. The van der Waals surface area contributed by atoms with Crippen molar-refractivity contribution < 1.29 is 14.0 Å². The number of carbonyl (C=O) groups excluding carboxylic acids is 2. The van der Waals surface area contributed by atoms with Crippen molar-refractivity contribution >= 4 is 11.7 Å². The van der Waals surface area contributed by atoms with Crippen LogP contribution in [0, 0.1) is 5.82 Å². The van der Waals surface area contributed by atoms with E-state index in [0.717, 1.165) is 0 Å². The van der Waals surface area contributed by atoms with Crippen LogP contribution in [0.25, 0.3) is 0 Å². The fraction of sp³-hybridized carbons (Fsp3) is 0.231. The molecular formula is C13H10FNO2. The lowest BCUT2D eigenvalue weighted by Gasteiger charge is -2.30. The van der Waals surface area contributed by atoms with Crippen LogP contribution in [0.2, 0.25) is 0 Å². The highest BCUT2D eigenvalue weighted by Gasteiger charge is 2.41. The Labute approximate surface area is 97.3 Å². The van der Waals surface area contributed by atoms with Gasteiger partial charge in [-0.3, -0.25) is 9.59 Å². The third kappa shape index (κ3) is 1.40. The van der Waals surface area contributed by atoms with Gasteiger partial charge in [-0.1, -0.05) is 12.1 Å². The van der Waals surface area contributed by atoms with Gasteiger partial charge in [-0.25, -0.2) is 4.39 Å². The second-order valence-corrected chi connectivity index (χ2v) is 4.41. The number of benzene rings is 1. The zero-order chi connectivity index (χ0) is 12.0. The highest BCUT2D eigenvalue weighted by atomic mass is 19.1. The molecule has 17 heavy (non-hydrogen) atoms. The molecule has 1 amide bonds. The maximum absolute atomic E-state index is 13.2. The van der Waals surface area contributed by atoms with Crippen molar-refractivity contribution in [2.45, 2.75) is 18.4 Å². The van der Waals surface area contributed by atoms with Crippen molar-refractivity contribution in [2.24, 2.45) is 0 Å². The van der Waals surface area contributed by atoms with Gasteiger partial charge in [-0.05, 0) is 30.2 Å². The standard InChI is InChI=1S/C13H10FNO2/c14-8-1-2-10-9(7-8)11(16)3-5-13(10)6-4-12(17)15-13/h1-3,5,7H,4,6H2,(H,15,17)/t13-/m1/s1. The quantitative estimate of drug-likeness (QED) is 0.738. The van der Waals surface area contributed by atoms with Crippen LogP contribution < -0.4 is 5.32 Å². The van der Waals surface area contributed by atoms with Crippen LogP contribution in [0.5, 0.6) is 0 Å². The van der Waals surface area contributed by atoms with Gasteiger partial charge in [-0.2, -0.15) is 0 Å². The minimum absolute atomic E-state index is 0.0423. The Kier molecular flexibility index (Phi) is 1.96. The lowest BCUT2D eigenvalue weighted by molar-refractivity contribution is -0.119. The molecule has 3 nitrogen and oxygen atoms in total. The second kappa shape index (κ2) is 3.26. The second-order valence-electron chi connectivity index (χ2n) is 4.41. The number of halogens is 1. The first-order valence-electron chi connectivity index (χ1n) is 5.45. The summed E-state index contributed by atoms with van der Waals surface area (Å²) in [5.74, 6) is -0.697. The minimum Gasteiger partial charge on any atom is -0.343 e. The molecule has 1 aliphatic carbocycles.